The van der Waals surface area contributed by atoms with Crippen molar-refractivity contribution in [3.63, 3.8) is 0 Å². The second-order valence-electron chi connectivity index (χ2n) is 4.47. The van der Waals surface area contributed by atoms with Gasteiger partial charge in [-0.2, -0.15) is 0 Å². The van der Waals surface area contributed by atoms with Crippen LogP contribution in [0, 0.1) is 5.82 Å². The van der Waals surface area contributed by atoms with Crippen molar-refractivity contribution in [1.29, 1.82) is 0 Å². The minimum atomic E-state index is -0.317. The van der Waals surface area contributed by atoms with E-state index in [1.807, 2.05) is 19.9 Å². The lowest BCUT2D eigenvalue weighted by Crippen LogP contribution is -2.40. The third-order valence-corrected chi connectivity index (χ3v) is 3.10. The molecular formula is C14H20FNO2. The number of benzene rings is 1. The standard InChI is InChI=1S/C14H20FNO2/c1-3-17-12-7-11(8-12)16-10-5-6-14(18-4-2)13(15)9-10/h5-6,9,11-12,16H,3-4,7-8H2,1-2H3. The van der Waals surface area contributed by atoms with Crippen molar-refractivity contribution in [2.24, 2.45) is 0 Å². The average molecular weight is 253 g/mol. The Hall–Kier alpha value is -1.29. The van der Waals surface area contributed by atoms with Crippen LogP contribution in [0.1, 0.15) is 26.7 Å². The van der Waals surface area contributed by atoms with Crippen LogP contribution in [-0.4, -0.2) is 25.4 Å². The van der Waals surface area contributed by atoms with Crippen molar-refractivity contribution in [3.8, 4) is 5.75 Å². The number of hydrogen-bond donors (Lipinski definition) is 1. The van der Waals surface area contributed by atoms with Crippen molar-refractivity contribution >= 4 is 5.69 Å². The highest BCUT2D eigenvalue weighted by molar-refractivity contribution is 5.48. The van der Waals surface area contributed by atoms with Crippen molar-refractivity contribution < 1.29 is 13.9 Å². The fraction of sp³-hybridized carbons (Fsp3) is 0.571. The molecule has 0 bridgehead atoms. The summed E-state index contributed by atoms with van der Waals surface area (Å²) in [5, 5.41) is 3.30. The number of halogens is 1. The fourth-order valence-corrected chi connectivity index (χ4v) is 2.15. The second-order valence-corrected chi connectivity index (χ2v) is 4.47. The predicted molar refractivity (Wildman–Crippen MR) is 69.6 cm³/mol. The summed E-state index contributed by atoms with van der Waals surface area (Å²) >= 11 is 0. The Kier molecular flexibility index (Phi) is 4.42. The second kappa shape index (κ2) is 6.05. The maximum Gasteiger partial charge on any atom is 0.167 e. The third kappa shape index (κ3) is 3.13. The summed E-state index contributed by atoms with van der Waals surface area (Å²) < 4.78 is 24.3. The van der Waals surface area contributed by atoms with Gasteiger partial charge in [0.2, 0.25) is 0 Å². The Morgan fingerprint density at radius 1 is 1.28 bits per heavy atom. The van der Waals surface area contributed by atoms with Crippen LogP contribution in [-0.2, 0) is 4.74 Å². The summed E-state index contributed by atoms with van der Waals surface area (Å²) in [5.74, 6) is -0.00798. The lowest BCUT2D eigenvalue weighted by Gasteiger charge is -2.36. The van der Waals surface area contributed by atoms with Crippen LogP contribution in [0.2, 0.25) is 0 Å². The van der Waals surface area contributed by atoms with Crippen LogP contribution in [0.25, 0.3) is 0 Å². The van der Waals surface area contributed by atoms with Crippen LogP contribution in [0.4, 0.5) is 10.1 Å². The quantitative estimate of drug-likeness (QED) is 0.844. The maximum atomic E-state index is 13.6. The minimum absolute atomic E-state index is 0.309. The SMILES string of the molecule is CCOc1ccc(NC2CC(OCC)C2)cc1F. The molecule has 4 heteroatoms. The van der Waals surface area contributed by atoms with Gasteiger partial charge < -0.3 is 14.8 Å². The van der Waals surface area contributed by atoms with E-state index in [0.29, 0.717) is 24.5 Å². The van der Waals surface area contributed by atoms with Gasteiger partial charge in [-0.25, -0.2) is 4.39 Å². The molecule has 1 aromatic rings. The van der Waals surface area contributed by atoms with Gasteiger partial charge in [0, 0.05) is 24.4 Å². The van der Waals surface area contributed by atoms with Gasteiger partial charge in [0.15, 0.2) is 11.6 Å². The van der Waals surface area contributed by atoms with Crippen molar-refractivity contribution in [1.82, 2.24) is 0 Å². The van der Waals surface area contributed by atoms with Gasteiger partial charge >= 0.3 is 0 Å². The first kappa shape index (κ1) is 13.1. The van der Waals surface area contributed by atoms with Crippen LogP contribution >= 0.6 is 0 Å². The van der Waals surface area contributed by atoms with Crippen LogP contribution in [0.15, 0.2) is 18.2 Å². The van der Waals surface area contributed by atoms with Gasteiger partial charge in [-0.3, -0.25) is 0 Å². The van der Waals surface area contributed by atoms with Crippen LogP contribution < -0.4 is 10.1 Å². The molecule has 1 N–H and O–H groups in total. The first-order chi connectivity index (χ1) is 8.72. The van der Waals surface area contributed by atoms with Crippen molar-refractivity contribution in [3.05, 3.63) is 24.0 Å². The van der Waals surface area contributed by atoms with E-state index in [2.05, 4.69) is 5.32 Å². The molecule has 3 nitrogen and oxygen atoms in total. The molecule has 0 heterocycles. The van der Waals surface area contributed by atoms with Gasteiger partial charge in [-0.05, 0) is 38.8 Å². The molecule has 0 unspecified atom stereocenters. The molecule has 0 spiro atoms. The summed E-state index contributed by atoms with van der Waals surface area (Å²) in [6.07, 6.45) is 2.34. The van der Waals surface area contributed by atoms with Gasteiger partial charge in [0.05, 0.1) is 12.7 Å². The molecule has 1 fully saturated rings. The molecule has 18 heavy (non-hydrogen) atoms. The highest BCUT2D eigenvalue weighted by atomic mass is 19.1. The van der Waals surface area contributed by atoms with Crippen molar-refractivity contribution in [2.75, 3.05) is 18.5 Å². The predicted octanol–water partition coefficient (Wildman–Crippen LogP) is 3.20. The zero-order valence-electron chi connectivity index (χ0n) is 10.9. The molecular weight excluding hydrogens is 233 g/mol. The Morgan fingerprint density at radius 2 is 2.06 bits per heavy atom. The number of nitrogens with one attached hydrogen (secondary N) is 1. The Morgan fingerprint density at radius 3 is 2.67 bits per heavy atom. The average Bonchev–Trinajstić information content (AvgIpc) is 2.30. The summed E-state index contributed by atoms with van der Waals surface area (Å²) in [4.78, 5) is 0. The first-order valence-electron chi connectivity index (χ1n) is 6.53. The highest BCUT2D eigenvalue weighted by Crippen LogP contribution is 2.28. The number of hydrogen-bond acceptors (Lipinski definition) is 3. The van der Waals surface area contributed by atoms with E-state index < -0.39 is 0 Å². The molecule has 2 rings (SSSR count). The molecule has 0 amide bonds. The van der Waals surface area contributed by atoms with Gasteiger partial charge in [-0.1, -0.05) is 0 Å². The third-order valence-electron chi connectivity index (χ3n) is 3.10. The molecule has 1 saturated carbocycles. The topological polar surface area (TPSA) is 30.5 Å². The zero-order valence-corrected chi connectivity index (χ0v) is 10.9. The molecule has 0 saturated heterocycles. The number of anilines is 1. The summed E-state index contributed by atoms with van der Waals surface area (Å²) in [5.41, 5.74) is 0.802. The minimum Gasteiger partial charge on any atom is -0.491 e. The van der Waals surface area contributed by atoms with E-state index in [4.69, 9.17) is 9.47 Å². The molecule has 0 aromatic heterocycles. The van der Waals surface area contributed by atoms with E-state index in [-0.39, 0.29) is 5.82 Å². The Bertz CT molecular complexity index is 391. The molecule has 1 aliphatic carbocycles. The lowest BCUT2D eigenvalue weighted by atomic mass is 9.89. The smallest absolute Gasteiger partial charge is 0.167 e. The van der Waals surface area contributed by atoms with Gasteiger partial charge in [-0.15, -0.1) is 0 Å². The molecule has 100 valence electrons. The van der Waals surface area contributed by atoms with Crippen molar-refractivity contribution in [2.45, 2.75) is 38.8 Å². The largest absolute Gasteiger partial charge is 0.491 e. The highest BCUT2D eigenvalue weighted by Gasteiger charge is 2.29. The van der Waals surface area contributed by atoms with Crippen LogP contribution in [0.3, 0.4) is 0 Å². The van der Waals surface area contributed by atoms with E-state index in [1.165, 1.54) is 6.07 Å². The Labute approximate surface area is 107 Å². The van der Waals surface area contributed by atoms with E-state index in [9.17, 15) is 4.39 Å². The maximum absolute atomic E-state index is 13.6. The fourth-order valence-electron chi connectivity index (χ4n) is 2.15. The van der Waals surface area contributed by atoms with Gasteiger partial charge in [0.1, 0.15) is 0 Å². The van der Waals surface area contributed by atoms with E-state index >= 15 is 0 Å². The number of rotatable bonds is 6. The summed E-state index contributed by atoms with van der Waals surface area (Å²) in [7, 11) is 0. The molecule has 1 aliphatic rings. The first-order valence-corrected chi connectivity index (χ1v) is 6.53. The molecule has 1 aromatic carbocycles. The van der Waals surface area contributed by atoms with Gasteiger partial charge in [0.25, 0.3) is 0 Å². The lowest BCUT2D eigenvalue weighted by molar-refractivity contribution is 0.00299. The summed E-state index contributed by atoms with van der Waals surface area (Å²) in [6, 6.07) is 5.39. The Balaban J connectivity index is 1.85. The molecule has 0 radical (unpaired) electrons. The summed E-state index contributed by atoms with van der Waals surface area (Å²) in [6.45, 7) is 5.08. The zero-order chi connectivity index (χ0) is 13.0. The normalized spacial score (nSPS) is 22.4. The number of ether oxygens (including phenoxy) is 2. The molecule has 0 atom stereocenters. The monoisotopic (exact) mass is 253 g/mol. The van der Waals surface area contributed by atoms with E-state index in [1.54, 1.807) is 6.07 Å². The van der Waals surface area contributed by atoms with Crippen LogP contribution in [0.5, 0.6) is 5.75 Å². The molecule has 0 aliphatic heterocycles. The van der Waals surface area contributed by atoms with E-state index in [0.717, 1.165) is 25.1 Å².